The molecule has 0 bridgehead atoms. The fourth-order valence-electron chi connectivity index (χ4n) is 1.89. The molecular formula is C13H22N4S2. The molecule has 19 heavy (non-hydrogen) atoms. The van der Waals surface area contributed by atoms with Crippen molar-refractivity contribution in [3.8, 4) is 0 Å². The number of nitrogens with two attached hydrogens (primary N) is 1. The van der Waals surface area contributed by atoms with Crippen LogP contribution in [0.1, 0.15) is 37.6 Å². The van der Waals surface area contributed by atoms with E-state index in [0.29, 0.717) is 16.1 Å². The third-order valence-corrected chi connectivity index (χ3v) is 4.23. The molecule has 1 aromatic heterocycles. The molecule has 0 saturated heterocycles. The lowest BCUT2D eigenvalue weighted by atomic mass is 10.0. The van der Waals surface area contributed by atoms with Gasteiger partial charge in [-0.1, -0.05) is 33.0 Å². The predicted octanol–water partition coefficient (Wildman–Crippen LogP) is 2.40. The summed E-state index contributed by atoms with van der Waals surface area (Å²) in [5, 5.41) is 12.3. The van der Waals surface area contributed by atoms with Crippen molar-refractivity contribution in [3.05, 3.63) is 16.8 Å². The van der Waals surface area contributed by atoms with E-state index in [4.69, 9.17) is 18.0 Å². The van der Waals surface area contributed by atoms with Crippen molar-refractivity contribution < 1.29 is 0 Å². The van der Waals surface area contributed by atoms with Crippen molar-refractivity contribution >= 4 is 34.8 Å². The number of rotatable bonds is 7. The summed E-state index contributed by atoms with van der Waals surface area (Å²) < 4.78 is 0. The van der Waals surface area contributed by atoms with Gasteiger partial charge in [-0.3, -0.25) is 0 Å². The number of thiocarbonyl (C=S) groups is 1. The summed E-state index contributed by atoms with van der Waals surface area (Å²) in [4.78, 5) is 0.390. The number of thioether (sulfide) groups is 1. The van der Waals surface area contributed by atoms with E-state index in [2.05, 4.69) is 42.5 Å². The highest BCUT2D eigenvalue weighted by atomic mass is 32.2. The first-order chi connectivity index (χ1) is 9.04. The van der Waals surface area contributed by atoms with Crippen molar-refractivity contribution in [2.45, 2.75) is 38.9 Å². The lowest BCUT2D eigenvalue weighted by Gasteiger charge is -2.17. The number of nitrogens with zero attached hydrogens (tertiary/aromatic N) is 2. The van der Waals surface area contributed by atoms with Crippen LogP contribution in [0.5, 0.6) is 0 Å². The minimum absolute atomic E-state index is 0.390. The fourth-order valence-corrected chi connectivity index (χ4v) is 2.36. The van der Waals surface area contributed by atoms with Gasteiger partial charge in [0.05, 0.1) is 11.3 Å². The second-order valence-electron chi connectivity index (χ2n) is 4.35. The van der Waals surface area contributed by atoms with E-state index < -0.39 is 0 Å². The maximum atomic E-state index is 5.87. The van der Waals surface area contributed by atoms with Crippen LogP contribution in [0.4, 0.5) is 5.82 Å². The molecule has 0 saturated carbocycles. The van der Waals surface area contributed by atoms with E-state index in [-0.39, 0.29) is 0 Å². The minimum atomic E-state index is 0.390. The molecule has 0 aliphatic carbocycles. The number of hydrogen-bond acceptors (Lipinski definition) is 5. The molecule has 106 valence electrons. The molecule has 1 aromatic rings. The van der Waals surface area contributed by atoms with Crippen LogP contribution in [0, 0.1) is 0 Å². The molecule has 3 N–H and O–H groups in total. The Kier molecular flexibility index (Phi) is 6.51. The number of hydrogen-bond donors (Lipinski definition) is 2. The Labute approximate surface area is 124 Å². The lowest BCUT2D eigenvalue weighted by Crippen LogP contribution is -2.22. The third kappa shape index (κ3) is 4.04. The molecule has 1 unspecified atom stereocenters. The Morgan fingerprint density at radius 1 is 1.37 bits per heavy atom. The zero-order chi connectivity index (χ0) is 14.4. The van der Waals surface area contributed by atoms with Crippen LogP contribution in [0.25, 0.3) is 0 Å². The lowest BCUT2D eigenvalue weighted by molar-refractivity contribution is 0.867. The minimum Gasteiger partial charge on any atom is -0.389 e. The molecule has 0 fully saturated rings. The van der Waals surface area contributed by atoms with E-state index >= 15 is 0 Å². The van der Waals surface area contributed by atoms with Gasteiger partial charge < -0.3 is 11.1 Å². The Morgan fingerprint density at radius 2 is 2.05 bits per heavy atom. The van der Waals surface area contributed by atoms with Crippen molar-refractivity contribution in [1.29, 1.82) is 0 Å². The Morgan fingerprint density at radius 3 is 2.53 bits per heavy atom. The molecule has 0 radical (unpaired) electrons. The zero-order valence-corrected chi connectivity index (χ0v) is 13.6. The van der Waals surface area contributed by atoms with Gasteiger partial charge in [-0.25, -0.2) is 0 Å². The van der Waals surface area contributed by atoms with Crippen LogP contribution < -0.4 is 11.1 Å². The molecule has 1 heterocycles. The highest BCUT2D eigenvalue weighted by Gasteiger charge is 2.16. The van der Waals surface area contributed by atoms with E-state index in [1.165, 1.54) is 0 Å². The molecule has 0 aliphatic heterocycles. The van der Waals surface area contributed by atoms with Gasteiger partial charge in [-0.15, -0.1) is 5.10 Å². The van der Waals surface area contributed by atoms with Crippen molar-refractivity contribution in [1.82, 2.24) is 10.2 Å². The molecule has 6 heteroatoms. The SMILES string of the molecule is CCc1nnc(NCC(C)SC)c(C(N)=S)c1CC. The van der Waals surface area contributed by atoms with Crippen molar-refractivity contribution in [3.63, 3.8) is 0 Å². The molecule has 0 amide bonds. The van der Waals surface area contributed by atoms with Gasteiger partial charge in [-0.2, -0.15) is 16.9 Å². The topological polar surface area (TPSA) is 63.8 Å². The summed E-state index contributed by atoms with van der Waals surface area (Å²) in [5.74, 6) is 0.711. The highest BCUT2D eigenvalue weighted by molar-refractivity contribution is 7.99. The van der Waals surface area contributed by atoms with Crippen LogP contribution >= 0.6 is 24.0 Å². The number of aromatic nitrogens is 2. The largest absolute Gasteiger partial charge is 0.389 e. The van der Waals surface area contributed by atoms with Gasteiger partial charge in [-0.05, 0) is 24.7 Å². The molecule has 0 aliphatic rings. The number of anilines is 1. The molecule has 1 atom stereocenters. The molecule has 0 spiro atoms. The van der Waals surface area contributed by atoms with Crippen LogP contribution in [-0.4, -0.2) is 33.2 Å². The van der Waals surface area contributed by atoms with Gasteiger partial charge in [0.1, 0.15) is 4.99 Å². The normalized spacial score (nSPS) is 12.2. The molecule has 0 aromatic carbocycles. The summed E-state index contributed by atoms with van der Waals surface area (Å²) in [6.07, 6.45) is 3.79. The van der Waals surface area contributed by atoms with Crippen molar-refractivity contribution in [2.75, 3.05) is 18.1 Å². The first kappa shape index (κ1) is 16.2. The first-order valence-electron chi connectivity index (χ1n) is 6.49. The van der Waals surface area contributed by atoms with E-state index in [9.17, 15) is 0 Å². The summed E-state index contributed by atoms with van der Waals surface area (Å²) in [6.45, 7) is 7.13. The standard InChI is InChI=1S/C13H22N4S2/c1-5-9-10(6-2)16-17-13(11(9)12(14)18)15-7-8(3)19-4/h8H,5-7H2,1-4H3,(H2,14,18)(H,15,17). The number of nitrogens with one attached hydrogen (secondary N) is 1. The van der Waals surface area contributed by atoms with Gasteiger partial charge in [0.25, 0.3) is 0 Å². The van der Waals surface area contributed by atoms with Gasteiger partial charge in [0, 0.05) is 11.8 Å². The van der Waals surface area contributed by atoms with Crippen molar-refractivity contribution in [2.24, 2.45) is 5.73 Å². The molecular weight excluding hydrogens is 276 g/mol. The summed E-state index contributed by atoms with van der Waals surface area (Å²) >= 11 is 6.99. The molecule has 4 nitrogen and oxygen atoms in total. The van der Waals surface area contributed by atoms with E-state index in [1.807, 2.05) is 0 Å². The highest BCUT2D eigenvalue weighted by Crippen LogP contribution is 2.21. The second-order valence-corrected chi connectivity index (χ2v) is 6.06. The van der Waals surface area contributed by atoms with E-state index in [1.54, 1.807) is 11.8 Å². The third-order valence-electron chi connectivity index (χ3n) is 3.05. The summed E-state index contributed by atoms with van der Waals surface area (Å²) in [5.41, 5.74) is 8.83. The van der Waals surface area contributed by atoms with Gasteiger partial charge in [0.15, 0.2) is 5.82 Å². The monoisotopic (exact) mass is 298 g/mol. The zero-order valence-electron chi connectivity index (χ0n) is 12.0. The maximum absolute atomic E-state index is 5.87. The Bertz CT molecular complexity index is 449. The average Bonchev–Trinajstić information content (AvgIpc) is 2.42. The fraction of sp³-hybridized carbons (Fsp3) is 0.615. The van der Waals surface area contributed by atoms with Crippen LogP contribution in [0.2, 0.25) is 0 Å². The summed E-state index contributed by atoms with van der Waals surface area (Å²) in [6, 6.07) is 0. The second kappa shape index (κ2) is 7.65. The predicted molar refractivity (Wildman–Crippen MR) is 88.1 cm³/mol. The molecule has 1 rings (SSSR count). The van der Waals surface area contributed by atoms with Crippen LogP contribution in [0.15, 0.2) is 0 Å². The van der Waals surface area contributed by atoms with Crippen LogP contribution in [0.3, 0.4) is 0 Å². The summed E-state index contributed by atoms with van der Waals surface area (Å²) in [7, 11) is 0. The smallest absolute Gasteiger partial charge is 0.159 e. The van der Waals surface area contributed by atoms with E-state index in [0.717, 1.165) is 36.2 Å². The first-order valence-corrected chi connectivity index (χ1v) is 8.19. The Hall–Kier alpha value is -0.880. The number of aryl methyl sites for hydroxylation is 1. The maximum Gasteiger partial charge on any atom is 0.159 e. The van der Waals surface area contributed by atoms with Gasteiger partial charge >= 0.3 is 0 Å². The quantitative estimate of drug-likeness (QED) is 0.754. The average molecular weight is 298 g/mol. The van der Waals surface area contributed by atoms with Crippen LogP contribution in [-0.2, 0) is 12.8 Å². The van der Waals surface area contributed by atoms with Gasteiger partial charge in [0.2, 0.25) is 0 Å². The Balaban J connectivity index is 3.13.